The van der Waals surface area contributed by atoms with Crippen molar-refractivity contribution in [2.24, 2.45) is 0 Å². The lowest BCUT2D eigenvalue weighted by atomic mass is 10.1. The van der Waals surface area contributed by atoms with E-state index < -0.39 is 5.54 Å². The third-order valence-electron chi connectivity index (χ3n) is 4.57. The minimum Gasteiger partial charge on any atom is -0.324 e. The Morgan fingerprint density at radius 3 is 2.76 bits per heavy atom. The number of carbonyl (C=O) groups excluding carboxylic acids is 3. The summed E-state index contributed by atoms with van der Waals surface area (Å²) >= 11 is 1.56. The van der Waals surface area contributed by atoms with Crippen LogP contribution in [0.4, 0.5) is 9.93 Å². The Labute approximate surface area is 151 Å². The SMILES string of the molecule is CC1(C)NC(=O)N(CCCC(=O)Nc2nc3c(s2)CCCCC3)C1=O. The molecule has 2 aliphatic rings. The van der Waals surface area contributed by atoms with E-state index in [9.17, 15) is 14.4 Å². The van der Waals surface area contributed by atoms with Gasteiger partial charge in [0.05, 0.1) is 5.69 Å². The standard InChI is InChI=1S/C17H24N4O3S/c1-17(2)14(23)21(16(24)20-17)10-6-9-13(22)19-15-18-11-7-4-3-5-8-12(11)25-15/h3-10H2,1-2H3,(H,20,24)(H,18,19,22). The van der Waals surface area contributed by atoms with E-state index in [1.165, 1.54) is 22.6 Å². The fourth-order valence-electron chi connectivity index (χ4n) is 3.18. The zero-order valence-electron chi connectivity index (χ0n) is 14.7. The Kier molecular flexibility index (Phi) is 5.08. The second kappa shape index (κ2) is 7.11. The van der Waals surface area contributed by atoms with Gasteiger partial charge in [-0.2, -0.15) is 0 Å². The number of urea groups is 1. The number of hydrogen-bond donors (Lipinski definition) is 2. The predicted molar refractivity (Wildman–Crippen MR) is 95.6 cm³/mol. The molecule has 0 unspecified atom stereocenters. The van der Waals surface area contributed by atoms with Crippen LogP contribution < -0.4 is 10.6 Å². The molecule has 2 N–H and O–H groups in total. The molecule has 7 nitrogen and oxygen atoms in total. The van der Waals surface area contributed by atoms with Crippen LogP contribution in [0.25, 0.3) is 0 Å². The molecule has 8 heteroatoms. The van der Waals surface area contributed by atoms with Crippen molar-refractivity contribution in [3.05, 3.63) is 10.6 Å². The number of aromatic nitrogens is 1. The van der Waals surface area contributed by atoms with Crippen molar-refractivity contribution in [3.8, 4) is 0 Å². The summed E-state index contributed by atoms with van der Waals surface area (Å²) in [6.07, 6.45) is 6.31. The summed E-state index contributed by atoms with van der Waals surface area (Å²) in [5, 5.41) is 6.14. The average molecular weight is 364 g/mol. The number of carbonyl (C=O) groups is 3. The lowest BCUT2D eigenvalue weighted by molar-refractivity contribution is -0.130. The van der Waals surface area contributed by atoms with Crippen molar-refractivity contribution in [2.75, 3.05) is 11.9 Å². The summed E-state index contributed by atoms with van der Waals surface area (Å²) in [6.45, 7) is 3.59. The molecule has 4 amide bonds. The van der Waals surface area contributed by atoms with E-state index in [0.29, 0.717) is 11.6 Å². The van der Waals surface area contributed by atoms with Gasteiger partial charge in [-0.1, -0.05) is 6.42 Å². The summed E-state index contributed by atoms with van der Waals surface area (Å²) in [7, 11) is 0. The zero-order valence-corrected chi connectivity index (χ0v) is 15.5. The molecule has 1 fully saturated rings. The summed E-state index contributed by atoms with van der Waals surface area (Å²) in [5.41, 5.74) is 0.261. The lowest BCUT2D eigenvalue weighted by Gasteiger charge is -2.15. The molecule has 1 aromatic heterocycles. The van der Waals surface area contributed by atoms with Gasteiger partial charge in [-0.05, 0) is 46.0 Å². The first-order valence-corrected chi connectivity index (χ1v) is 9.61. The lowest BCUT2D eigenvalue weighted by Crippen LogP contribution is -2.40. The van der Waals surface area contributed by atoms with E-state index in [2.05, 4.69) is 15.6 Å². The Morgan fingerprint density at radius 1 is 1.28 bits per heavy atom. The molecule has 0 bridgehead atoms. The van der Waals surface area contributed by atoms with Gasteiger partial charge >= 0.3 is 6.03 Å². The number of nitrogens with one attached hydrogen (secondary N) is 2. The highest BCUT2D eigenvalue weighted by Crippen LogP contribution is 2.29. The second-order valence-electron chi connectivity index (χ2n) is 7.11. The van der Waals surface area contributed by atoms with Crippen molar-refractivity contribution in [3.63, 3.8) is 0 Å². The van der Waals surface area contributed by atoms with Crippen molar-refractivity contribution in [1.29, 1.82) is 0 Å². The third-order valence-corrected chi connectivity index (χ3v) is 5.64. The van der Waals surface area contributed by atoms with E-state index in [1.54, 1.807) is 25.2 Å². The van der Waals surface area contributed by atoms with Gasteiger partial charge in [0.15, 0.2) is 5.13 Å². The molecule has 1 aromatic rings. The maximum atomic E-state index is 12.1. The molecule has 0 radical (unpaired) electrons. The van der Waals surface area contributed by atoms with Crippen LogP contribution in [0.15, 0.2) is 0 Å². The first-order chi connectivity index (χ1) is 11.9. The van der Waals surface area contributed by atoms with Crippen molar-refractivity contribution in [1.82, 2.24) is 15.2 Å². The highest BCUT2D eigenvalue weighted by molar-refractivity contribution is 7.15. The summed E-state index contributed by atoms with van der Waals surface area (Å²) in [4.78, 5) is 43.0. The molecule has 0 atom stereocenters. The molecule has 1 aliphatic heterocycles. The maximum absolute atomic E-state index is 12.1. The van der Waals surface area contributed by atoms with E-state index >= 15 is 0 Å². The molecular weight excluding hydrogens is 340 g/mol. The minimum atomic E-state index is -0.863. The van der Waals surface area contributed by atoms with Gasteiger partial charge in [-0.25, -0.2) is 9.78 Å². The van der Waals surface area contributed by atoms with Gasteiger partial charge in [-0.3, -0.25) is 14.5 Å². The van der Waals surface area contributed by atoms with Gasteiger partial charge in [0.1, 0.15) is 5.54 Å². The van der Waals surface area contributed by atoms with Gasteiger partial charge in [0.2, 0.25) is 5.91 Å². The molecule has 2 heterocycles. The van der Waals surface area contributed by atoms with E-state index in [4.69, 9.17) is 0 Å². The minimum absolute atomic E-state index is 0.129. The molecule has 0 spiro atoms. The van der Waals surface area contributed by atoms with Gasteiger partial charge in [0.25, 0.3) is 5.91 Å². The molecule has 1 aliphatic carbocycles. The smallest absolute Gasteiger partial charge is 0.324 e. The number of imide groups is 1. The van der Waals surface area contributed by atoms with Crippen LogP contribution in [0.5, 0.6) is 0 Å². The Hall–Kier alpha value is -1.96. The number of amides is 4. The van der Waals surface area contributed by atoms with Gasteiger partial charge in [0, 0.05) is 17.8 Å². The topological polar surface area (TPSA) is 91.4 Å². The molecule has 0 saturated carbocycles. The van der Waals surface area contributed by atoms with Gasteiger partial charge < -0.3 is 10.6 Å². The molecule has 25 heavy (non-hydrogen) atoms. The third kappa shape index (κ3) is 4.00. The van der Waals surface area contributed by atoms with Crippen LogP contribution in [0.1, 0.15) is 56.5 Å². The van der Waals surface area contributed by atoms with Crippen LogP contribution >= 0.6 is 11.3 Å². The van der Waals surface area contributed by atoms with Crippen LogP contribution in [0.2, 0.25) is 0 Å². The highest BCUT2D eigenvalue weighted by Gasteiger charge is 2.43. The monoisotopic (exact) mass is 364 g/mol. The first-order valence-electron chi connectivity index (χ1n) is 8.79. The van der Waals surface area contributed by atoms with Crippen LogP contribution in [0, 0.1) is 0 Å². The Bertz CT molecular complexity index is 675. The molecule has 136 valence electrons. The fraction of sp³-hybridized carbons (Fsp3) is 0.647. The molecular formula is C17H24N4O3S. The summed E-state index contributed by atoms with van der Waals surface area (Å²) in [5.74, 6) is -0.378. The number of hydrogen-bond acceptors (Lipinski definition) is 5. The first kappa shape index (κ1) is 17.8. The summed E-state index contributed by atoms with van der Waals surface area (Å²) in [6, 6.07) is -0.390. The van der Waals surface area contributed by atoms with Crippen molar-refractivity contribution < 1.29 is 14.4 Å². The number of rotatable bonds is 5. The maximum Gasteiger partial charge on any atom is 0.325 e. The number of aryl methyl sites for hydroxylation is 2. The summed E-state index contributed by atoms with van der Waals surface area (Å²) < 4.78 is 0. The molecule has 1 saturated heterocycles. The zero-order chi connectivity index (χ0) is 18.0. The Balaban J connectivity index is 1.47. The largest absolute Gasteiger partial charge is 0.325 e. The quantitative estimate of drug-likeness (QED) is 0.620. The van der Waals surface area contributed by atoms with Crippen molar-refractivity contribution in [2.45, 2.75) is 64.3 Å². The number of fused-ring (bicyclic) bond motifs is 1. The molecule has 0 aromatic carbocycles. The second-order valence-corrected chi connectivity index (χ2v) is 8.20. The van der Waals surface area contributed by atoms with Crippen molar-refractivity contribution >= 4 is 34.3 Å². The highest BCUT2D eigenvalue weighted by atomic mass is 32.1. The van der Waals surface area contributed by atoms with Gasteiger partial charge in [-0.15, -0.1) is 11.3 Å². The predicted octanol–water partition coefficient (Wildman–Crippen LogP) is 2.46. The average Bonchev–Trinajstić information content (AvgIpc) is 2.89. The number of thiazole rings is 1. The van der Waals surface area contributed by atoms with E-state index in [-0.39, 0.29) is 30.8 Å². The van der Waals surface area contributed by atoms with Crippen LogP contribution in [-0.4, -0.2) is 39.8 Å². The Morgan fingerprint density at radius 2 is 2.04 bits per heavy atom. The number of anilines is 1. The number of nitrogens with zero attached hydrogens (tertiary/aromatic N) is 2. The van der Waals surface area contributed by atoms with E-state index in [1.807, 2.05) is 0 Å². The molecule has 3 rings (SSSR count). The normalized spacial score (nSPS) is 19.4. The van der Waals surface area contributed by atoms with Crippen LogP contribution in [-0.2, 0) is 22.4 Å². The van der Waals surface area contributed by atoms with E-state index in [0.717, 1.165) is 25.0 Å². The fourth-order valence-corrected chi connectivity index (χ4v) is 4.25. The van der Waals surface area contributed by atoms with Crippen LogP contribution in [0.3, 0.4) is 0 Å².